The van der Waals surface area contributed by atoms with Gasteiger partial charge in [-0.3, -0.25) is 9.59 Å². The Kier molecular flexibility index (Phi) is 2.60. The van der Waals surface area contributed by atoms with E-state index in [4.69, 9.17) is 17.3 Å². The average Bonchev–Trinajstić information content (AvgIpc) is 2.26. The number of thioether (sulfide) groups is 1. The summed E-state index contributed by atoms with van der Waals surface area (Å²) >= 11 is 7.53. The molecule has 2 heterocycles. The van der Waals surface area contributed by atoms with E-state index < -0.39 is 16.9 Å². The Morgan fingerprint density at radius 3 is 3.07 bits per heavy atom. The summed E-state index contributed by atoms with van der Waals surface area (Å²) in [6.45, 7) is 0.186. The van der Waals surface area contributed by atoms with E-state index in [0.29, 0.717) is 5.75 Å². The number of rotatable bonds is 1. The number of methoxy groups -OCH3 is 1. The van der Waals surface area contributed by atoms with Crippen molar-refractivity contribution in [1.29, 1.82) is 0 Å². The minimum Gasteiger partial charge on any atom is -0.468 e. The third kappa shape index (κ3) is 1.51. The standard InChI is InChI=1S/C8H11ClN2O3S/c1-14-7(13)8(9)2-11-5(12)4(10)6(11)15-3-8/h4,6H,2-3,10H2,1H3/t4?,6-,8?/m1/s1. The zero-order valence-corrected chi connectivity index (χ0v) is 9.68. The van der Waals surface area contributed by atoms with Crippen molar-refractivity contribution in [1.82, 2.24) is 4.90 Å². The van der Waals surface area contributed by atoms with Gasteiger partial charge in [0.15, 0.2) is 4.87 Å². The second-order valence-electron chi connectivity index (χ2n) is 3.65. The molecule has 2 saturated heterocycles. The lowest BCUT2D eigenvalue weighted by Gasteiger charge is -2.51. The number of alkyl halides is 1. The van der Waals surface area contributed by atoms with Gasteiger partial charge in [-0.25, -0.2) is 0 Å². The van der Waals surface area contributed by atoms with Gasteiger partial charge >= 0.3 is 5.97 Å². The van der Waals surface area contributed by atoms with Gasteiger partial charge in [-0.2, -0.15) is 0 Å². The van der Waals surface area contributed by atoms with Gasteiger partial charge in [-0.1, -0.05) is 0 Å². The van der Waals surface area contributed by atoms with Crippen LogP contribution in [0.15, 0.2) is 0 Å². The summed E-state index contributed by atoms with van der Waals surface area (Å²) in [5.41, 5.74) is 5.60. The maximum Gasteiger partial charge on any atom is 0.329 e. The Labute approximate surface area is 96.2 Å². The van der Waals surface area contributed by atoms with Crippen LogP contribution in [0, 0.1) is 0 Å². The fourth-order valence-electron chi connectivity index (χ4n) is 1.75. The average molecular weight is 251 g/mol. The number of β-lactam (4-membered cyclic amide) rings is 1. The predicted octanol–water partition coefficient (Wildman–Crippen LogP) is -0.621. The molecule has 3 atom stereocenters. The SMILES string of the molecule is COC(=O)C1(Cl)CS[C@@H]2C(N)C(=O)N2C1. The van der Waals surface area contributed by atoms with Crippen LogP contribution in [0.25, 0.3) is 0 Å². The number of ether oxygens (including phenoxy) is 1. The summed E-state index contributed by atoms with van der Waals surface area (Å²) in [5.74, 6) is -0.229. The number of nitrogens with zero attached hydrogens (tertiary/aromatic N) is 1. The Morgan fingerprint density at radius 1 is 1.80 bits per heavy atom. The molecule has 0 aromatic rings. The van der Waals surface area contributed by atoms with Gasteiger partial charge in [0.25, 0.3) is 0 Å². The molecule has 0 radical (unpaired) electrons. The van der Waals surface area contributed by atoms with Gasteiger partial charge in [0, 0.05) is 5.75 Å². The molecule has 0 aromatic carbocycles. The van der Waals surface area contributed by atoms with Crippen LogP contribution in [0.1, 0.15) is 0 Å². The highest BCUT2D eigenvalue weighted by Crippen LogP contribution is 2.40. The highest BCUT2D eigenvalue weighted by atomic mass is 35.5. The van der Waals surface area contributed by atoms with E-state index in [0.717, 1.165) is 0 Å². The quantitative estimate of drug-likeness (QED) is 0.382. The van der Waals surface area contributed by atoms with Crippen LogP contribution in [0.5, 0.6) is 0 Å². The summed E-state index contributed by atoms with van der Waals surface area (Å²) in [6.07, 6.45) is 0. The zero-order chi connectivity index (χ0) is 11.2. The van der Waals surface area contributed by atoms with Crippen LogP contribution in [0.4, 0.5) is 0 Å². The minimum atomic E-state index is -1.12. The molecule has 2 unspecified atom stereocenters. The summed E-state index contributed by atoms with van der Waals surface area (Å²) in [5, 5.41) is -0.0333. The third-order valence-corrected chi connectivity index (χ3v) is 4.75. The summed E-state index contributed by atoms with van der Waals surface area (Å²) in [6, 6.07) is -0.450. The van der Waals surface area contributed by atoms with Crippen molar-refractivity contribution in [3.8, 4) is 0 Å². The number of amides is 1. The number of hydrogen-bond donors (Lipinski definition) is 1. The van der Waals surface area contributed by atoms with E-state index in [1.807, 2.05) is 0 Å². The highest BCUT2D eigenvalue weighted by Gasteiger charge is 2.55. The number of fused-ring (bicyclic) bond motifs is 1. The van der Waals surface area contributed by atoms with E-state index in [1.165, 1.54) is 23.8 Å². The summed E-state index contributed by atoms with van der Waals surface area (Å²) in [4.78, 5) is 23.2. The van der Waals surface area contributed by atoms with Crippen LogP contribution < -0.4 is 5.73 Å². The lowest BCUT2D eigenvalue weighted by molar-refractivity contribution is -0.150. The van der Waals surface area contributed by atoms with E-state index in [1.54, 1.807) is 0 Å². The first-order chi connectivity index (χ1) is 6.99. The Hall–Kier alpha value is -0.460. The monoisotopic (exact) mass is 250 g/mol. The number of esters is 1. The van der Waals surface area contributed by atoms with Crippen LogP contribution >= 0.6 is 23.4 Å². The van der Waals surface area contributed by atoms with Crippen LogP contribution in [-0.4, -0.2) is 52.5 Å². The van der Waals surface area contributed by atoms with Crippen molar-refractivity contribution < 1.29 is 14.3 Å². The zero-order valence-electron chi connectivity index (χ0n) is 8.10. The van der Waals surface area contributed by atoms with Gasteiger partial charge in [0.2, 0.25) is 5.91 Å². The highest BCUT2D eigenvalue weighted by molar-refractivity contribution is 8.00. The molecule has 0 spiro atoms. The molecule has 2 N–H and O–H groups in total. The molecule has 0 saturated carbocycles. The second kappa shape index (κ2) is 3.54. The van der Waals surface area contributed by atoms with Gasteiger partial charge in [-0.05, 0) is 0 Å². The third-order valence-electron chi connectivity index (χ3n) is 2.64. The summed E-state index contributed by atoms with van der Waals surface area (Å²) < 4.78 is 4.61. The first-order valence-corrected chi connectivity index (χ1v) is 5.87. The number of nitrogens with two attached hydrogens (primary N) is 1. The molecule has 2 fully saturated rings. The van der Waals surface area contributed by atoms with Crippen molar-refractivity contribution in [2.75, 3.05) is 19.4 Å². The molecule has 84 valence electrons. The minimum absolute atomic E-state index is 0.0333. The van der Waals surface area contributed by atoms with Crippen molar-refractivity contribution in [3.63, 3.8) is 0 Å². The lowest BCUT2D eigenvalue weighted by atomic mass is 10.0. The Balaban J connectivity index is 2.10. The van der Waals surface area contributed by atoms with Crippen molar-refractivity contribution >= 4 is 35.2 Å². The number of carbonyl (C=O) groups excluding carboxylic acids is 2. The van der Waals surface area contributed by atoms with E-state index in [-0.39, 0.29) is 17.8 Å². The number of carbonyl (C=O) groups is 2. The smallest absolute Gasteiger partial charge is 0.329 e. The van der Waals surface area contributed by atoms with Crippen LogP contribution in [-0.2, 0) is 14.3 Å². The fourth-order valence-corrected chi connectivity index (χ4v) is 3.47. The van der Waals surface area contributed by atoms with E-state index >= 15 is 0 Å². The molecule has 7 heteroatoms. The largest absolute Gasteiger partial charge is 0.468 e. The fraction of sp³-hybridized carbons (Fsp3) is 0.750. The molecule has 15 heavy (non-hydrogen) atoms. The molecule has 0 bridgehead atoms. The van der Waals surface area contributed by atoms with Crippen molar-refractivity contribution in [3.05, 3.63) is 0 Å². The number of hydrogen-bond acceptors (Lipinski definition) is 5. The van der Waals surface area contributed by atoms with Crippen LogP contribution in [0.3, 0.4) is 0 Å². The van der Waals surface area contributed by atoms with Crippen molar-refractivity contribution in [2.24, 2.45) is 5.73 Å². The number of halogens is 1. The summed E-state index contributed by atoms with van der Waals surface area (Å²) in [7, 11) is 1.28. The first-order valence-electron chi connectivity index (χ1n) is 4.44. The van der Waals surface area contributed by atoms with Gasteiger partial charge < -0.3 is 15.4 Å². The second-order valence-corrected chi connectivity index (χ2v) is 5.48. The normalized spacial score (nSPS) is 39.4. The Bertz CT molecular complexity index is 327. The molecule has 2 rings (SSSR count). The van der Waals surface area contributed by atoms with Gasteiger partial charge in [-0.15, -0.1) is 23.4 Å². The lowest BCUT2D eigenvalue weighted by Crippen LogP contribution is -2.72. The molecule has 0 aromatic heterocycles. The molecule has 0 aliphatic carbocycles. The molecule has 2 aliphatic rings. The maximum atomic E-state index is 11.4. The first kappa shape index (κ1) is 11.0. The topological polar surface area (TPSA) is 72.6 Å². The molecular weight excluding hydrogens is 240 g/mol. The van der Waals surface area contributed by atoms with Crippen LogP contribution in [0.2, 0.25) is 0 Å². The maximum absolute atomic E-state index is 11.4. The van der Waals surface area contributed by atoms with Gasteiger partial charge in [0.05, 0.1) is 13.7 Å². The predicted molar refractivity (Wildman–Crippen MR) is 56.5 cm³/mol. The van der Waals surface area contributed by atoms with E-state index in [2.05, 4.69) is 4.74 Å². The van der Waals surface area contributed by atoms with Gasteiger partial charge in [0.1, 0.15) is 11.4 Å². The molecule has 1 amide bonds. The molecular formula is C8H11ClN2O3S. The van der Waals surface area contributed by atoms with E-state index in [9.17, 15) is 9.59 Å². The molecule has 5 nitrogen and oxygen atoms in total. The molecule has 2 aliphatic heterocycles. The van der Waals surface area contributed by atoms with Crippen molar-refractivity contribution in [2.45, 2.75) is 16.3 Å². The Morgan fingerprint density at radius 2 is 2.47 bits per heavy atom.